The van der Waals surface area contributed by atoms with E-state index in [1.165, 1.54) is 6.07 Å². The van der Waals surface area contributed by atoms with Crippen LogP contribution in [0.1, 0.15) is 18.4 Å². The molecular formula is C12H19Cl2FN2. The third kappa shape index (κ3) is 4.80. The predicted molar refractivity (Wildman–Crippen MR) is 73.4 cm³/mol. The summed E-state index contributed by atoms with van der Waals surface area (Å²) in [4.78, 5) is 2.27. The van der Waals surface area contributed by atoms with Gasteiger partial charge < -0.3 is 5.73 Å². The Labute approximate surface area is 114 Å². The molecule has 17 heavy (non-hydrogen) atoms. The summed E-state index contributed by atoms with van der Waals surface area (Å²) in [5.74, 6) is -0.104. The van der Waals surface area contributed by atoms with Crippen LogP contribution in [0.25, 0.3) is 0 Å². The summed E-state index contributed by atoms with van der Waals surface area (Å²) in [6.45, 7) is 2.67. The molecular weight excluding hydrogens is 262 g/mol. The van der Waals surface area contributed by atoms with Gasteiger partial charge in [0.15, 0.2) is 0 Å². The number of halogens is 3. The van der Waals surface area contributed by atoms with Gasteiger partial charge in [-0.1, -0.05) is 18.2 Å². The summed E-state index contributed by atoms with van der Waals surface area (Å²) in [5, 5.41) is 0. The second kappa shape index (κ2) is 7.88. The highest BCUT2D eigenvalue weighted by Crippen LogP contribution is 2.14. The Hall–Kier alpha value is -0.350. The van der Waals surface area contributed by atoms with Crippen molar-refractivity contribution < 1.29 is 4.39 Å². The number of rotatable bonds is 2. The summed E-state index contributed by atoms with van der Waals surface area (Å²) in [6, 6.07) is 7.32. The molecule has 1 aliphatic rings. The highest BCUT2D eigenvalue weighted by molar-refractivity contribution is 5.85. The van der Waals surface area contributed by atoms with E-state index in [1.807, 2.05) is 12.1 Å². The van der Waals surface area contributed by atoms with E-state index in [0.29, 0.717) is 12.6 Å². The van der Waals surface area contributed by atoms with Crippen LogP contribution in [0.5, 0.6) is 0 Å². The van der Waals surface area contributed by atoms with Gasteiger partial charge in [0.1, 0.15) is 5.82 Å². The van der Waals surface area contributed by atoms with Crippen LogP contribution in [-0.4, -0.2) is 24.0 Å². The minimum Gasteiger partial charge on any atom is -0.328 e. The average molecular weight is 281 g/mol. The zero-order valence-electron chi connectivity index (χ0n) is 9.64. The Balaban J connectivity index is 0.00000128. The van der Waals surface area contributed by atoms with Gasteiger partial charge in [-0.2, -0.15) is 0 Å². The molecule has 2 N–H and O–H groups in total. The number of hydrogen-bond donors (Lipinski definition) is 1. The van der Waals surface area contributed by atoms with Gasteiger partial charge in [0.2, 0.25) is 0 Å². The molecule has 1 fully saturated rings. The van der Waals surface area contributed by atoms with Gasteiger partial charge in [-0.15, -0.1) is 24.8 Å². The summed E-state index contributed by atoms with van der Waals surface area (Å²) in [6.07, 6.45) is 2.04. The Morgan fingerprint density at radius 1 is 1.18 bits per heavy atom. The topological polar surface area (TPSA) is 29.3 Å². The number of nitrogens with zero attached hydrogens (tertiary/aromatic N) is 1. The van der Waals surface area contributed by atoms with Crippen molar-refractivity contribution in [3.63, 3.8) is 0 Å². The third-order valence-electron chi connectivity index (χ3n) is 2.98. The summed E-state index contributed by atoms with van der Waals surface area (Å²) < 4.78 is 13.4. The lowest BCUT2D eigenvalue weighted by atomic mass is 10.1. The fourth-order valence-electron chi connectivity index (χ4n) is 1.98. The van der Waals surface area contributed by atoms with Gasteiger partial charge in [0.05, 0.1) is 0 Å². The minimum atomic E-state index is -0.104. The van der Waals surface area contributed by atoms with Crippen LogP contribution in [0.15, 0.2) is 24.3 Å². The Bertz CT molecular complexity index is 328. The zero-order chi connectivity index (χ0) is 10.7. The largest absolute Gasteiger partial charge is 0.328 e. The maximum absolute atomic E-state index is 13.4. The number of benzene rings is 1. The van der Waals surface area contributed by atoms with E-state index in [4.69, 9.17) is 5.73 Å². The van der Waals surface area contributed by atoms with E-state index in [0.717, 1.165) is 31.5 Å². The first-order chi connectivity index (χ1) is 7.25. The van der Waals surface area contributed by atoms with Crippen molar-refractivity contribution in [1.29, 1.82) is 0 Å². The fourth-order valence-corrected chi connectivity index (χ4v) is 1.98. The Morgan fingerprint density at radius 3 is 2.35 bits per heavy atom. The van der Waals surface area contributed by atoms with Crippen LogP contribution >= 0.6 is 24.8 Å². The maximum atomic E-state index is 13.4. The smallest absolute Gasteiger partial charge is 0.127 e. The lowest BCUT2D eigenvalue weighted by molar-refractivity contribution is 0.203. The number of nitrogens with two attached hydrogens (primary N) is 1. The van der Waals surface area contributed by atoms with Crippen molar-refractivity contribution in [2.75, 3.05) is 13.1 Å². The summed E-state index contributed by atoms with van der Waals surface area (Å²) in [7, 11) is 0. The van der Waals surface area contributed by atoms with Gasteiger partial charge in [0.25, 0.3) is 0 Å². The number of piperidine rings is 1. The molecule has 1 aliphatic heterocycles. The van der Waals surface area contributed by atoms with E-state index in [-0.39, 0.29) is 30.6 Å². The molecule has 2 rings (SSSR count). The van der Waals surface area contributed by atoms with Crippen LogP contribution < -0.4 is 5.73 Å². The van der Waals surface area contributed by atoms with E-state index in [2.05, 4.69) is 4.90 Å². The molecule has 0 spiro atoms. The number of hydrogen-bond acceptors (Lipinski definition) is 2. The molecule has 0 bridgehead atoms. The highest BCUT2D eigenvalue weighted by Gasteiger charge is 2.16. The summed E-state index contributed by atoms with van der Waals surface area (Å²) >= 11 is 0. The molecule has 1 heterocycles. The molecule has 0 radical (unpaired) electrons. The van der Waals surface area contributed by atoms with Gasteiger partial charge in [-0.25, -0.2) is 4.39 Å². The molecule has 2 nitrogen and oxygen atoms in total. The second-order valence-electron chi connectivity index (χ2n) is 4.20. The van der Waals surface area contributed by atoms with Gasteiger partial charge >= 0.3 is 0 Å². The molecule has 0 amide bonds. The lowest BCUT2D eigenvalue weighted by Crippen LogP contribution is -2.39. The zero-order valence-corrected chi connectivity index (χ0v) is 11.3. The second-order valence-corrected chi connectivity index (χ2v) is 4.20. The Morgan fingerprint density at radius 2 is 1.76 bits per heavy atom. The van der Waals surface area contributed by atoms with Crippen LogP contribution in [0.3, 0.4) is 0 Å². The lowest BCUT2D eigenvalue weighted by Gasteiger charge is -2.30. The van der Waals surface area contributed by atoms with Gasteiger partial charge in [-0.3, -0.25) is 4.90 Å². The molecule has 0 unspecified atom stereocenters. The van der Waals surface area contributed by atoms with Crippen LogP contribution in [0.2, 0.25) is 0 Å². The first kappa shape index (κ1) is 16.6. The molecule has 0 atom stereocenters. The minimum absolute atomic E-state index is 0. The first-order valence-corrected chi connectivity index (χ1v) is 5.47. The maximum Gasteiger partial charge on any atom is 0.127 e. The van der Waals surface area contributed by atoms with E-state index < -0.39 is 0 Å². The molecule has 0 aromatic heterocycles. The first-order valence-electron chi connectivity index (χ1n) is 5.47. The third-order valence-corrected chi connectivity index (χ3v) is 2.98. The summed E-state index contributed by atoms with van der Waals surface area (Å²) in [5.41, 5.74) is 6.60. The average Bonchev–Trinajstić information content (AvgIpc) is 2.25. The Kier molecular flexibility index (Phi) is 7.71. The SMILES string of the molecule is Cl.Cl.NC1CCN(Cc2ccccc2F)CC1. The molecule has 1 aromatic rings. The monoisotopic (exact) mass is 280 g/mol. The van der Waals surface area contributed by atoms with Gasteiger partial charge in [-0.05, 0) is 32.0 Å². The molecule has 98 valence electrons. The van der Waals surface area contributed by atoms with Crippen LogP contribution in [0, 0.1) is 5.82 Å². The van der Waals surface area contributed by atoms with Crippen molar-refractivity contribution in [1.82, 2.24) is 4.90 Å². The predicted octanol–water partition coefficient (Wildman–Crippen LogP) is 2.59. The van der Waals surface area contributed by atoms with E-state index >= 15 is 0 Å². The fraction of sp³-hybridized carbons (Fsp3) is 0.500. The van der Waals surface area contributed by atoms with Crippen molar-refractivity contribution in [3.05, 3.63) is 35.6 Å². The van der Waals surface area contributed by atoms with Crippen molar-refractivity contribution in [2.45, 2.75) is 25.4 Å². The molecule has 0 saturated carbocycles. The molecule has 1 saturated heterocycles. The quantitative estimate of drug-likeness (QED) is 0.902. The highest BCUT2D eigenvalue weighted by atomic mass is 35.5. The normalized spacial score (nSPS) is 17.1. The molecule has 0 aliphatic carbocycles. The van der Waals surface area contributed by atoms with E-state index in [1.54, 1.807) is 6.07 Å². The van der Waals surface area contributed by atoms with Crippen molar-refractivity contribution >= 4 is 24.8 Å². The van der Waals surface area contributed by atoms with Crippen LogP contribution in [-0.2, 0) is 6.54 Å². The van der Waals surface area contributed by atoms with Gasteiger partial charge in [0, 0.05) is 18.2 Å². The van der Waals surface area contributed by atoms with E-state index in [9.17, 15) is 4.39 Å². The molecule has 5 heteroatoms. The van der Waals surface area contributed by atoms with Crippen molar-refractivity contribution in [2.24, 2.45) is 5.73 Å². The van der Waals surface area contributed by atoms with Crippen LogP contribution in [0.4, 0.5) is 4.39 Å². The van der Waals surface area contributed by atoms with Crippen molar-refractivity contribution in [3.8, 4) is 0 Å². The number of likely N-dealkylation sites (tertiary alicyclic amines) is 1. The standard InChI is InChI=1S/C12H17FN2.2ClH/c13-12-4-2-1-3-10(12)9-15-7-5-11(14)6-8-15;;/h1-4,11H,5-9,14H2;2*1H. The molecule has 1 aromatic carbocycles.